The third-order valence-corrected chi connectivity index (χ3v) is 3.15. The molecular weight excluding hydrogens is 184 g/mol. The van der Waals surface area contributed by atoms with Crippen molar-refractivity contribution < 1.29 is 0 Å². The van der Waals surface area contributed by atoms with E-state index in [4.69, 9.17) is 0 Å². The van der Waals surface area contributed by atoms with Gasteiger partial charge in [-0.15, -0.1) is 5.92 Å². The first-order valence-electron chi connectivity index (χ1n) is 6.26. The Hall–Kier alpha value is -0.520. The van der Waals surface area contributed by atoms with Crippen LogP contribution in [0.2, 0.25) is 0 Å². The molecule has 0 spiro atoms. The van der Waals surface area contributed by atoms with Gasteiger partial charge < -0.3 is 0 Å². The molecule has 2 heterocycles. The Bertz CT molecular complexity index is 226. The van der Waals surface area contributed by atoms with E-state index >= 15 is 0 Å². The van der Waals surface area contributed by atoms with Crippen LogP contribution in [0.15, 0.2) is 0 Å². The highest BCUT2D eigenvalue weighted by atomic mass is 15.3. The Morgan fingerprint density at radius 1 is 1.20 bits per heavy atom. The lowest BCUT2D eigenvalue weighted by Crippen LogP contribution is -2.50. The standard InChI is InChI=1S/C11H18N2.C2H6/c1-2-3-6-12-8-9-13-7-4-5-11(13)10-12;1-2/h11H,4-10H2,1H3;1-2H3. The number of nitrogens with zero attached hydrogens (tertiary/aromatic N) is 2. The summed E-state index contributed by atoms with van der Waals surface area (Å²) in [5, 5.41) is 0. The molecule has 0 aliphatic carbocycles. The predicted octanol–water partition coefficient (Wildman–Crippen LogP) is 1.82. The summed E-state index contributed by atoms with van der Waals surface area (Å²) in [6.07, 6.45) is 2.80. The molecule has 0 aromatic carbocycles. The number of rotatable bonds is 1. The van der Waals surface area contributed by atoms with E-state index in [-0.39, 0.29) is 0 Å². The van der Waals surface area contributed by atoms with Gasteiger partial charge in [0.2, 0.25) is 0 Å². The van der Waals surface area contributed by atoms with E-state index in [1.165, 1.54) is 39.0 Å². The van der Waals surface area contributed by atoms with Crippen LogP contribution in [-0.2, 0) is 0 Å². The van der Waals surface area contributed by atoms with Crippen molar-refractivity contribution >= 4 is 0 Å². The molecule has 0 N–H and O–H groups in total. The molecule has 15 heavy (non-hydrogen) atoms. The van der Waals surface area contributed by atoms with E-state index in [1.54, 1.807) is 0 Å². The van der Waals surface area contributed by atoms with E-state index in [1.807, 2.05) is 20.8 Å². The van der Waals surface area contributed by atoms with Crippen molar-refractivity contribution in [3.8, 4) is 11.8 Å². The largest absolute Gasteiger partial charge is 0.298 e. The van der Waals surface area contributed by atoms with Crippen molar-refractivity contribution in [2.45, 2.75) is 39.7 Å². The van der Waals surface area contributed by atoms with Gasteiger partial charge in [-0.1, -0.05) is 19.8 Å². The van der Waals surface area contributed by atoms with Crippen molar-refractivity contribution in [3.63, 3.8) is 0 Å². The van der Waals surface area contributed by atoms with Crippen LogP contribution >= 0.6 is 0 Å². The van der Waals surface area contributed by atoms with Crippen molar-refractivity contribution in [3.05, 3.63) is 0 Å². The second-order valence-corrected chi connectivity index (χ2v) is 3.99. The molecule has 0 aromatic heterocycles. The Balaban J connectivity index is 0.000000531. The molecule has 0 aromatic rings. The summed E-state index contributed by atoms with van der Waals surface area (Å²) < 4.78 is 0. The van der Waals surface area contributed by atoms with Gasteiger partial charge in [-0.3, -0.25) is 9.80 Å². The van der Waals surface area contributed by atoms with Gasteiger partial charge in [-0.2, -0.15) is 0 Å². The zero-order chi connectivity index (χ0) is 11.1. The lowest BCUT2D eigenvalue weighted by Gasteiger charge is -2.36. The zero-order valence-electron chi connectivity index (χ0n) is 10.4. The predicted molar refractivity (Wildman–Crippen MR) is 65.8 cm³/mol. The van der Waals surface area contributed by atoms with Crippen LogP contribution in [-0.4, -0.2) is 48.6 Å². The van der Waals surface area contributed by atoms with Crippen LogP contribution in [0, 0.1) is 11.8 Å². The fourth-order valence-corrected chi connectivity index (χ4v) is 2.39. The van der Waals surface area contributed by atoms with Gasteiger partial charge in [-0.25, -0.2) is 0 Å². The maximum atomic E-state index is 3.16. The SMILES string of the molecule is CC.CC#CCN1CCN2CCCC2C1. The molecule has 0 saturated carbocycles. The lowest BCUT2D eigenvalue weighted by atomic mass is 10.1. The molecule has 2 fully saturated rings. The van der Waals surface area contributed by atoms with Gasteiger partial charge in [-0.05, 0) is 26.3 Å². The number of piperazine rings is 1. The molecule has 1 unspecified atom stereocenters. The second-order valence-electron chi connectivity index (χ2n) is 3.99. The lowest BCUT2D eigenvalue weighted by molar-refractivity contribution is 0.115. The van der Waals surface area contributed by atoms with Crippen LogP contribution in [0.3, 0.4) is 0 Å². The molecule has 1 atom stereocenters. The Morgan fingerprint density at radius 2 is 2.00 bits per heavy atom. The zero-order valence-corrected chi connectivity index (χ0v) is 10.4. The molecule has 0 bridgehead atoms. The van der Waals surface area contributed by atoms with Gasteiger partial charge >= 0.3 is 0 Å². The molecule has 2 saturated heterocycles. The highest BCUT2D eigenvalue weighted by molar-refractivity contribution is 4.99. The highest BCUT2D eigenvalue weighted by Gasteiger charge is 2.29. The Morgan fingerprint density at radius 3 is 2.73 bits per heavy atom. The topological polar surface area (TPSA) is 6.48 Å². The Labute approximate surface area is 94.6 Å². The van der Waals surface area contributed by atoms with Gasteiger partial charge in [0, 0.05) is 25.7 Å². The molecule has 2 aliphatic rings. The molecule has 86 valence electrons. The molecule has 2 rings (SSSR count). The van der Waals surface area contributed by atoms with Crippen LogP contribution in [0.4, 0.5) is 0 Å². The first-order chi connectivity index (χ1) is 7.40. The summed E-state index contributed by atoms with van der Waals surface area (Å²) in [5.74, 6) is 6.12. The highest BCUT2D eigenvalue weighted by Crippen LogP contribution is 2.20. The van der Waals surface area contributed by atoms with Gasteiger partial charge in [0.1, 0.15) is 0 Å². The molecule has 2 heteroatoms. The molecule has 0 radical (unpaired) electrons. The fourth-order valence-electron chi connectivity index (χ4n) is 2.39. The average molecular weight is 208 g/mol. The van der Waals surface area contributed by atoms with Crippen molar-refractivity contribution in [2.24, 2.45) is 0 Å². The number of hydrogen-bond donors (Lipinski definition) is 0. The average Bonchev–Trinajstić information content (AvgIpc) is 2.76. The Kier molecular flexibility index (Phi) is 5.75. The van der Waals surface area contributed by atoms with E-state index in [0.29, 0.717) is 0 Å². The maximum absolute atomic E-state index is 3.16. The van der Waals surface area contributed by atoms with Gasteiger partial charge in [0.05, 0.1) is 6.54 Å². The third kappa shape index (κ3) is 3.52. The summed E-state index contributed by atoms with van der Waals surface area (Å²) in [6, 6.07) is 0.840. The van der Waals surface area contributed by atoms with Gasteiger partial charge in [0.15, 0.2) is 0 Å². The number of hydrogen-bond acceptors (Lipinski definition) is 2. The van der Waals surface area contributed by atoms with Crippen LogP contribution in [0.1, 0.15) is 33.6 Å². The third-order valence-electron chi connectivity index (χ3n) is 3.15. The fraction of sp³-hybridized carbons (Fsp3) is 0.846. The van der Waals surface area contributed by atoms with Crippen molar-refractivity contribution in [1.29, 1.82) is 0 Å². The quantitative estimate of drug-likeness (QED) is 0.606. The van der Waals surface area contributed by atoms with E-state index in [9.17, 15) is 0 Å². The van der Waals surface area contributed by atoms with Gasteiger partial charge in [0.25, 0.3) is 0 Å². The van der Waals surface area contributed by atoms with Crippen molar-refractivity contribution in [2.75, 3.05) is 32.7 Å². The van der Waals surface area contributed by atoms with E-state index in [0.717, 1.165) is 12.6 Å². The molecule has 2 nitrogen and oxygen atoms in total. The monoisotopic (exact) mass is 208 g/mol. The van der Waals surface area contributed by atoms with Crippen LogP contribution in [0.25, 0.3) is 0 Å². The minimum absolute atomic E-state index is 0.840. The minimum Gasteiger partial charge on any atom is -0.298 e. The second kappa shape index (κ2) is 6.87. The molecule has 0 amide bonds. The summed E-state index contributed by atoms with van der Waals surface area (Å²) in [5.41, 5.74) is 0. The van der Waals surface area contributed by atoms with Crippen LogP contribution < -0.4 is 0 Å². The first-order valence-corrected chi connectivity index (χ1v) is 6.26. The van der Waals surface area contributed by atoms with E-state index in [2.05, 4.69) is 21.6 Å². The maximum Gasteiger partial charge on any atom is 0.0602 e. The smallest absolute Gasteiger partial charge is 0.0602 e. The molecule has 2 aliphatic heterocycles. The summed E-state index contributed by atoms with van der Waals surface area (Å²) in [7, 11) is 0. The summed E-state index contributed by atoms with van der Waals surface area (Å²) >= 11 is 0. The molecular formula is C13H24N2. The first kappa shape index (κ1) is 12.5. The normalized spacial score (nSPS) is 25.9. The number of fused-ring (bicyclic) bond motifs is 1. The van der Waals surface area contributed by atoms with Crippen molar-refractivity contribution in [1.82, 2.24) is 9.80 Å². The summed E-state index contributed by atoms with van der Waals surface area (Å²) in [6.45, 7) is 11.9. The van der Waals surface area contributed by atoms with Crippen LogP contribution in [0.5, 0.6) is 0 Å². The summed E-state index contributed by atoms with van der Waals surface area (Å²) in [4.78, 5) is 5.12. The minimum atomic E-state index is 0.840. The van der Waals surface area contributed by atoms with E-state index < -0.39 is 0 Å².